The van der Waals surface area contributed by atoms with E-state index >= 15 is 0 Å². The predicted molar refractivity (Wildman–Crippen MR) is 122 cm³/mol. The molecule has 3 aromatic rings. The standard InChI is InChI=1S/C23H26N4OS2/c28-22(26-13-12-17-7-4-5-11-20(17)26)16-30-23-25-24-21(15-19-10-6-14-29-19)27(23)18-8-2-1-3-9-18/h4-7,10-11,14,18H,1-3,8-9,12-13,15-16H2. The first-order chi connectivity index (χ1) is 14.8. The summed E-state index contributed by atoms with van der Waals surface area (Å²) < 4.78 is 2.34. The minimum absolute atomic E-state index is 0.156. The third kappa shape index (κ3) is 4.05. The van der Waals surface area contributed by atoms with Gasteiger partial charge in [-0.05, 0) is 42.3 Å². The number of rotatable bonds is 6. The van der Waals surface area contributed by atoms with Crippen LogP contribution < -0.4 is 4.90 Å². The van der Waals surface area contributed by atoms with Crippen LogP contribution in [0.5, 0.6) is 0 Å². The van der Waals surface area contributed by atoms with Crippen LogP contribution in [0.4, 0.5) is 5.69 Å². The monoisotopic (exact) mass is 438 g/mol. The minimum atomic E-state index is 0.156. The first-order valence-corrected chi connectivity index (χ1v) is 12.6. The first kappa shape index (κ1) is 19.8. The zero-order chi connectivity index (χ0) is 20.3. The second kappa shape index (κ2) is 8.94. The maximum Gasteiger partial charge on any atom is 0.237 e. The number of carbonyl (C=O) groups is 1. The normalized spacial score (nSPS) is 16.7. The Balaban J connectivity index is 1.33. The predicted octanol–water partition coefficient (Wildman–Crippen LogP) is 5.12. The number of para-hydroxylation sites is 1. The Kier molecular flexibility index (Phi) is 5.91. The van der Waals surface area contributed by atoms with E-state index < -0.39 is 0 Å². The van der Waals surface area contributed by atoms with Crippen molar-refractivity contribution in [3.8, 4) is 0 Å². The van der Waals surface area contributed by atoms with E-state index in [1.54, 1.807) is 23.1 Å². The van der Waals surface area contributed by atoms with Crippen LogP contribution in [0.1, 0.15) is 54.4 Å². The average Bonchev–Trinajstić information content (AvgIpc) is 3.53. The fourth-order valence-corrected chi connectivity index (χ4v) is 6.20. The van der Waals surface area contributed by atoms with Gasteiger partial charge in [-0.15, -0.1) is 21.5 Å². The molecule has 1 aliphatic heterocycles. The molecule has 0 radical (unpaired) electrons. The Labute approximate surface area is 185 Å². The molecule has 0 unspecified atom stereocenters. The Morgan fingerprint density at radius 3 is 2.80 bits per heavy atom. The van der Waals surface area contributed by atoms with E-state index in [2.05, 4.69) is 44.4 Å². The van der Waals surface area contributed by atoms with Crippen molar-refractivity contribution in [2.24, 2.45) is 0 Å². The molecule has 5 rings (SSSR count). The van der Waals surface area contributed by atoms with Gasteiger partial charge in [0, 0.05) is 29.6 Å². The van der Waals surface area contributed by atoms with Crippen LogP contribution in [-0.4, -0.2) is 33.0 Å². The lowest BCUT2D eigenvalue weighted by atomic mass is 9.95. The summed E-state index contributed by atoms with van der Waals surface area (Å²) >= 11 is 3.31. The van der Waals surface area contributed by atoms with Gasteiger partial charge in [0.15, 0.2) is 5.16 Å². The second-order valence-corrected chi connectivity index (χ2v) is 10.0. The van der Waals surface area contributed by atoms with E-state index in [4.69, 9.17) is 0 Å². The quantitative estimate of drug-likeness (QED) is 0.502. The molecule has 156 valence electrons. The highest BCUT2D eigenvalue weighted by Crippen LogP contribution is 2.34. The third-order valence-electron chi connectivity index (χ3n) is 6.10. The molecule has 0 spiro atoms. The first-order valence-electron chi connectivity index (χ1n) is 10.8. The van der Waals surface area contributed by atoms with Crippen molar-refractivity contribution in [3.05, 3.63) is 58.0 Å². The van der Waals surface area contributed by atoms with E-state index in [9.17, 15) is 4.79 Å². The van der Waals surface area contributed by atoms with Gasteiger partial charge in [0.25, 0.3) is 0 Å². The van der Waals surface area contributed by atoms with Gasteiger partial charge in [-0.3, -0.25) is 4.79 Å². The number of hydrogen-bond acceptors (Lipinski definition) is 5. The molecule has 1 amide bonds. The molecular weight excluding hydrogens is 412 g/mol. The van der Waals surface area contributed by atoms with Crippen molar-refractivity contribution in [2.45, 2.75) is 56.1 Å². The zero-order valence-electron chi connectivity index (χ0n) is 17.0. The molecule has 1 saturated carbocycles. The molecule has 3 heterocycles. The average molecular weight is 439 g/mol. The highest BCUT2D eigenvalue weighted by atomic mass is 32.2. The molecule has 1 aliphatic carbocycles. The summed E-state index contributed by atoms with van der Waals surface area (Å²) in [6.07, 6.45) is 7.94. The molecule has 0 bridgehead atoms. The highest BCUT2D eigenvalue weighted by molar-refractivity contribution is 7.99. The van der Waals surface area contributed by atoms with Crippen LogP contribution in [0, 0.1) is 0 Å². The Morgan fingerprint density at radius 2 is 1.97 bits per heavy atom. The molecule has 2 aromatic heterocycles. The number of fused-ring (bicyclic) bond motifs is 1. The Bertz CT molecular complexity index is 1010. The lowest BCUT2D eigenvalue weighted by Gasteiger charge is -2.25. The van der Waals surface area contributed by atoms with Gasteiger partial charge in [0.2, 0.25) is 5.91 Å². The molecule has 0 N–H and O–H groups in total. The number of nitrogens with zero attached hydrogens (tertiary/aromatic N) is 4. The van der Waals surface area contributed by atoms with Crippen LogP contribution in [0.15, 0.2) is 46.9 Å². The summed E-state index contributed by atoms with van der Waals surface area (Å²) in [6.45, 7) is 0.775. The summed E-state index contributed by atoms with van der Waals surface area (Å²) in [6, 6.07) is 12.9. The van der Waals surface area contributed by atoms with Crippen molar-refractivity contribution in [1.82, 2.24) is 14.8 Å². The highest BCUT2D eigenvalue weighted by Gasteiger charge is 2.27. The van der Waals surface area contributed by atoms with Gasteiger partial charge in [0.05, 0.1) is 5.75 Å². The van der Waals surface area contributed by atoms with Crippen LogP contribution >= 0.6 is 23.1 Å². The molecule has 1 aromatic carbocycles. The van der Waals surface area contributed by atoms with Crippen molar-refractivity contribution >= 4 is 34.7 Å². The van der Waals surface area contributed by atoms with E-state index in [1.807, 2.05) is 17.0 Å². The molecule has 2 aliphatic rings. The van der Waals surface area contributed by atoms with Crippen LogP contribution in [-0.2, 0) is 17.6 Å². The lowest BCUT2D eigenvalue weighted by molar-refractivity contribution is -0.116. The SMILES string of the molecule is O=C(CSc1nnc(Cc2cccs2)n1C1CCCCC1)N1CCc2ccccc21. The molecule has 5 nitrogen and oxygen atoms in total. The van der Waals surface area contributed by atoms with Gasteiger partial charge in [-0.1, -0.05) is 55.3 Å². The molecule has 30 heavy (non-hydrogen) atoms. The summed E-state index contributed by atoms with van der Waals surface area (Å²) in [5.41, 5.74) is 2.33. The number of thiophene rings is 1. The number of thioether (sulfide) groups is 1. The molecular formula is C23H26N4OS2. The van der Waals surface area contributed by atoms with Crippen LogP contribution in [0.3, 0.4) is 0 Å². The van der Waals surface area contributed by atoms with E-state index in [-0.39, 0.29) is 5.91 Å². The summed E-state index contributed by atoms with van der Waals surface area (Å²) in [5, 5.41) is 12.1. The van der Waals surface area contributed by atoms with Crippen molar-refractivity contribution in [1.29, 1.82) is 0 Å². The minimum Gasteiger partial charge on any atom is -0.311 e. The van der Waals surface area contributed by atoms with Gasteiger partial charge in [-0.2, -0.15) is 0 Å². The number of benzene rings is 1. The topological polar surface area (TPSA) is 51.0 Å². The maximum absolute atomic E-state index is 13.0. The number of aromatic nitrogens is 3. The van der Waals surface area contributed by atoms with Gasteiger partial charge < -0.3 is 9.47 Å². The van der Waals surface area contributed by atoms with E-state index in [1.165, 1.54) is 42.5 Å². The summed E-state index contributed by atoms with van der Waals surface area (Å²) in [7, 11) is 0. The van der Waals surface area contributed by atoms with Crippen molar-refractivity contribution in [2.75, 3.05) is 17.2 Å². The molecule has 0 saturated heterocycles. The molecule has 7 heteroatoms. The number of hydrogen-bond donors (Lipinski definition) is 0. The Morgan fingerprint density at radius 1 is 1.10 bits per heavy atom. The smallest absolute Gasteiger partial charge is 0.237 e. The van der Waals surface area contributed by atoms with E-state index in [0.717, 1.165) is 36.1 Å². The zero-order valence-corrected chi connectivity index (χ0v) is 18.6. The van der Waals surface area contributed by atoms with Gasteiger partial charge in [0.1, 0.15) is 5.82 Å². The fourth-order valence-electron chi connectivity index (χ4n) is 4.60. The number of anilines is 1. The molecule has 0 atom stereocenters. The molecule has 1 fully saturated rings. The lowest BCUT2D eigenvalue weighted by Crippen LogP contribution is -2.30. The largest absolute Gasteiger partial charge is 0.311 e. The third-order valence-corrected chi connectivity index (χ3v) is 7.90. The second-order valence-electron chi connectivity index (χ2n) is 8.03. The van der Waals surface area contributed by atoms with Crippen LogP contribution in [0.2, 0.25) is 0 Å². The number of carbonyl (C=O) groups excluding carboxylic acids is 1. The Hall–Kier alpha value is -2.12. The maximum atomic E-state index is 13.0. The van der Waals surface area contributed by atoms with Crippen molar-refractivity contribution in [3.63, 3.8) is 0 Å². The van der Waals surface area contributed by atoms with Gasteiger partial charge in [-0.25, -0.2) is 0 Å². The fraction of sp³-hybridized carbons (Fsp3) is 0.435. The van der Waals surface area contributed by atoms with E-state index in [0.29, 0.717) is 11.8 Å². The summed E-state index contributed by atoms with van der Waals surface area (Å²) in [5.74, 6) is 1.59. The van der Waals surface area contributed by atoms with Gasteiger partial charge >= 0.3 is 0 Å². The number of amides is 1. The van der Waals surface area contributed by atoms with Crippen LogP contribution in [0.25, 0.3) is 0 Å². The summed E-state index contributed by atoms with van der Waals surface area (Å²) in [4.78, 5) is 16.2. The van der Waals surface area contributed by atoms with Crippen molar-refractivity contribution < 1.29 is 4.79 Å².